The van der Waals surface area contributed by atoms with Crippen molar-refractivity contribution in [1.82, 2.24) is 15.4 Å². The van der Waals surface area contributed by atoms with E-state index in [0.717, 1.165) is 22.9 Å². The highest BCUT2D eigenvalue weighted by Crippen LogP contribution is 2.30. The molecule has 0 aliphatic carbocycles. The van der Waals surface area contributed by atoms with Crippen LogP contribution in [0.5, 0.6) is 0 Å². The number of fused-ring (bicyclic) bond motifs is 1. The van der Waals surface area contributed by atoms with E-state index < -0.39 is 0 Å². The Labute approximate surface area is 160 Å². The molecule has 0 spiro atoms. The van der Waals surface area contributed by atoms with Gasteiger partial charge in [-0.3, -0.25) is 0 Å². The summed E-state index contributed by atoms with van der Waals surface area (Å²) >= 11 is 0. The summed E-state index contributed by atoms with van der Waals surface area (Å²) in [4.78, 5) is 0. The molecule has 0 radical (unpaired) electrons. The largest absolute Gasteiger partial charge is 0.197 e. The number of hydrogen-bond acceptors (Lipinski definition) is 2. The van der Waals surface area contributed by atoms with Crippen molar-refractivity contribution in [3.05, 3.63) is 22.8 Å². The van der Waals surface area contributed by atoms with Gasteiger partial charge in [0, 0.05) is 0 Å². The third-order valence-corrected chi connectivity index (χ3v) is 6.17. The van der Waals surface area contributed by atoms with Crippen molar-refractivity contribution < 1.29 is 0 Å². The van der Waals surface area contributed by atoms with Crippen LogP contribution in [0.1, 0.15) is 95.8 Å². The summed E-state index contributed by atoms with van der Waals surface area (Å²) in [5, 5.41) is 11.7. The van der Waals surface area contributed by atoms with Gasteiger partial charge >= 0.3 is 0 Å². The normalized spacial score (nSPS) is 14.0. The van der Waals surface area contributed by atoms with Crippen LogP contribution in [0.2, 0.25) is 0 Å². The van der Waals surface area contributed by atoms with E-state index in [1.54, 1.807) is 5.56 Å². The summed E-state index contributed by atoms with van der Waals surface area (Å²) in [7, 11) is 0. The van der Waals surface area contributed by atoms with Crippen LogP contribution in [0, 0.1) is 18.8 Å². The number of aromatic amines is 1. The van der Waals surface area contributed by atoms with Gasteiger partial charge in [-0.25, -0.2) is 0 Å². The van der Waals surface area contributed by atoms with Crippen molar-refractivity contribution in [2.75, 3.05) is 0 Å². The van der Waals surface area contributed by atoms with Crippen LogP contribution in [0.3, 0.4) is 0 Å². The van der Waals surface area contributed by atoms with Gasteiger partial charge in [0.1, 0.15) is 11.0 Å². The smallest absolute Gasteiger partial charge is 0.116 e. The Balaban J connectivity index is 2.33. The van der Waals surface area contributed by atoms with Crippen molar-refractivity contribution in [3.63, 3.8) is 0 Å². The van der Waals surface area contributed by atoms with E-state index in [0.29, 0.717) is 0 Å². The highest BCUT2D eigenvalue weighted by Gasteiger charge is 2.19. The lowest BCUT2D eigenvalue weighted by molar-refractivity contribution is 0.434. The Morgan fingerprint density at radius 1 is 0.885 bits per heavy atom. The molecule has 2 unspecified atom stereocenters. The van der Waals surface area contributed by atoms with E-state index in [1.807, 2.05) is 0 Å². The van der Waals surface area contributed by atoms with Crippen LogP contribution >= 0.6 is 0 Å². The predicted molar refractivity (Wildman–Crippen MR) is 113 cm³/mol. The summed E-state index contributed by atoms with van der Waals surface area (Å²) in [6, 6.07) is 2.32. The van der Waals surface area contributed by atoms with Gasteiger partial charge in [0.25, 0.3) is 0 Å². The summed E-state index contributed by atoms with van der Waals surface area (Å²) in [5.41, 5.74) is 6.54. The van der Waals surface area contributed by atoms with E-state index in [1.165, 1.54) is 75.3 Å². The van der Waals surface area contributed by atoms with Crippen molar-refractivity contribution in [2.45, 2.75) is 98.8 Å². The van der Waals surface area contributed by atoms with Crippen molar-refractivity contribution in [2.24, 2.45) is 11.8 Å². The van der Waals surface area contributed by atoms with Gasteiger partial charge in [-0.05, 0) is 54.4 Å². The van der Waals surface area contributed by atoms with Crippen molar-refractivity contribution >= 4 is 11.0 Å². The van der Waals surface area contributed by atoms with Crippen LogP contribution in [0.4, 0.5) is 0 Å². The Hall–Kier alpha value is -1.38. The first kappa shape index (κ1) is 20.9. The quantitative estimate of drug-likeness (QED) is 0.454. The molecule has 0 amide bonds. The molecule has 2 rings (SSSR count). The van der Waals surface area contributed by atoms with Crippen molar-refractivity contribution in [3.8, 4) is 0 Å². The fourth-order valence-electron chi connectivity index (χ4n) is 4.20. The first-order chi connectivity index (χ1) is 12.6. The van der Waals surface area contributed by atoms with E-state index in [4.69, 9.17) is 0 Å². The number of unbranched alkanes of at least 4 members (excludes halogenated alkanes) is 2. The zero-order valence-corrected chi connectivity index (χ0v) is 17.7. The van der Waals surface area contributed by atoms with Crippen LogP contribution in [0.25, 0.3) is 11.0 Å². The minimum Gasteiger partial charge on any atom is -0.197 e. The minimum atomic E-state index is 0.785. The molecule has 0 saturated carbocycles. The lowest BCUT2D eigenvalue weighted by atomic mass is 9.83. The lowest BCUT2D eigenvalue weighted by Crippen LogP contribution is -2.11. The zero-order valence-electron chi connectivity index (χ0n) is 17.7. The SMILES string of the molecule is CCCCC(CC)Cc1cc2n[nH]nc2c(C)c1CC(CC)CCCC. The number of nitrogens with zero attached hydrogens (tertiary/aromatic N) is 2. The molecule has 1 aromatic carbocycles. The van der Waals surface area contributed by atoms with Gasteiger partial charge in [0.2, 0.25) is 0 Å². The highest BCUT2D eigenvalue weighted by molar-refractivity contribution is 5.80. The highest BCUT2D eigenvalue weighted by atomic mass is 15.3. The monoisotopic (exact) mass is 357 g/mol. The molecular formula is C23H39N3. The van der Waals surface area contributed by atoms with Gasteiger partial charge in [-0.2, -0.15) is 15.4 Å². The maximum atomic E-state index is 4.43. The molecule has 146 valence electrons. The number of aromatic nitrogens is 3. The van der Waals surface area contributed by atoms with Crippen LogP contribution < -0.4 is 0 Å². The molecule has 1 aromatic heterocycles. The molecule has 3 nitrogen and oxygen atoms in total. The number of aryl methyl sites for hydroxylation is 1. The van der Waals surface area contributed by atoms with Crippen molar-refractivity contribution in [1.29, 1.82) is 0 Å². The molecule has 0 aliphatic rings. The Morgan fingerprint density at radius 3 is 2.08 bits per heavy atom. The van der Waals surface area contributed by atoms with E-state index in [9.17, 15) is 0 Å². The Morgan fingerprint density at radius 2 is 1.50 bits per heavy atom. The summed E-state index contributed by atoms with van der Waals surface area (Å²) in [6.45, 7) is 11.5. The lowest BCUT2D eigenvalue weighted by Gasteiger charge is -2.22. The molecular weight excluding hydrogens is 318 g/mol. The average molecular weight is 358 g/mol. The summed E-state index contributed by atoms with van der Waals surface area (Å²) < 4.78 is 0. The zero-order chi connectivity index (χ0) is 18.9. The molecule has 0 saturated heterocycles. The van der Waals surface area contributed by atoms with Gasteiger partial charge < -0.3 is 0 Å². The molecule has 0 aliphatic heterocycles. The molecule has 26 heavy (non-hydrogen) atoms. The first-order valence-corrected chi connectivity index (χ1v) is 11.0. The van der Waals surface area contributed by atoms with Crippen LogP contribution in [0.15, 0.2) is 6.07 Å². The van der Waals surface area contributed by atoms with Gasteiger partial charge in [0.05, 0.1) is 0 Å². The first-order valence-electron chi connectivity index (χ1n) is 11.0. The third kappa shape index (κ3) is 5.31. The van der Waals surface area contributed by atoms with Gasteiger partial charge in [0.15, 0.2) is 0 Å². The number of benzene rings is 1. The fourth-order valence-corrected chi connectivity index (χ4v) is 4.20. The van der Waals surface area contributed by atoms with E-state index >= 15 is 0 Å². The van der Waals surface area contributed by atoms with Crippen LogP contribution in [-0.2, 0) is 12.8 Å². The molecule has 3 heteroatoms. The number of hydrogen-bond donors (Lipinski definition) is 1. The van der Waals surface area contributed by atoms with Gasteiger partial charge in [-0.1, -0.05) is 79.1 Å². The maximum absolute atomic E-state index is 4.43. The molecule has 1 heterocycles. The number of H-pyrrole nitrogens is 1. The maximum Gasteiger partial charge on any atom is 0.116 e. The van der Waals surface area contributed by atoms with Gasteiger partial charge in [-0.15, -0.1) is 0 Å². The molecule has 0 bridgehead atoms. The minimum absolute atomic E-state index is 0.785. The molecule has 0 fully saturated rings. The fraction of sp³-hybridized carbons (Fsp3) is 0.739. The Bertz CT molecular complexity index is 659. The molecule has 2 aromatic rings. The van der Waals surface area contributed by atoms with Crippen LogP contribution in [-0.4, -0.2) is 15.4 Å². The molecule has 1 N–H and O–H groups in total. The van der Waals surface area contributed by atoms with E-state index in [2.05, 4.69) is 56.1 Å². The van der Waals surface area contributed by atoms with E-state index in [-0.39, 0.29) is 0 Å². The standard InChI is InChI=1S/C23H39N3/c1-6-10-12-18(8-3)14-20-16-22-23(25-26-24-22)17(5)21(20)15-19(9-4)13-11-7-2/h16,18-19H,6-15H2,1-5H3,(H,24,25,26). The third-order valence-electron chi connectivity index (χ3n) is 6.17. The second-order valence-electron chi connectivity index (χ2n) is 8.07. The second-order valence-corrected chi connectivity index (χ2v) is 8.07. The summed E-state index contributed by atoms with van der Waals surface area (Å²) in [6.07, 6.45) is 12.9. The summed E-state index contributed by atoms with van der Waals surface area (Å²) in [5.74, 6) is 1.57. The average Bonchev–Trinajstić information content (AvgIpc) is 3.12. The second kappa shape index (κ2) is 10.7. The number of nitrogens with one attached hydrogen (secondary N) is 1. The Kier molecular flexibility index (Phi) is 8.61. The number of rotatable bonds is 12. The predicted octanol–water partition coefficient (Wildman–Crippen LogP) is 6.78. The molecule has 2 atom stereocenters. The topological polar surface area (TPSA) is 41.6 Å².